The van der Waals surface area contributed by atoms with E-state index in [1.165, 1.54) is 6.92 Å². The van der Waals surface area contributed by atoms with Gasteiger partial charge in [-0.3, -0.25) is 14.8 Å². The minimum Gasteiger partial charge on any atom is -0.351 e. The highest BCUT2D eigenvalue weighted by atomic mass is 32.1. The Morgan fingerprint density at radius 3 is 2.50 bits per heavy atom. The maximum Gasteiger partial charge on any atom is 0.221 e. The van der Waals surface area contributed by atoms with Gasteiger partial charge in [0.15, 0.2) is 5.11 Å². The number of hydrogen-bond acceptors (Lipinski definition) is 4. The highest BCUT2D eigenvalue weighted by Gasteiger charge is 2.42. The number of aryl methyl sites for hydroxylation is 1. The molecule has 2 N–H and O–H groups in total. The number of benzene rings is 1. The molecule has 1 saturated heterocycles. The molecule has 0 unspecified atom stereocenters. The predicted octanol–water partition coefficient (Wildman–Crippen LogP) is 4.71. The van der Waals surface area contributed by atoms with E-state index in [1.54, 1.807) is 12.4 Å². The van der Waals surface area contributed by atoms with Gasteiger partial charge in [-0.05, 0) is 79.8 Å². The zero-order chi connectivity index (χ0) is 23.7. The smallest absolute Gasteiger partial charge is 0.221 e. The second-order valence-electron chi connectivity index (χ2n) is 8.17. The molecule has 170 valence electrons. The number of carbonyl (C=O) groups excluding carboxylic acids is 1. The lowest BCUT2D eigenvalue weighted by Gasteiger charge is -2.29. The van der Waals surface area contributed by atoms with Crippen LogP contribution in [0.2, 0.25) is 0 Å². The number of hydrogen-bond donors (Lipinski definition) is 2. The Labute approximate surface area is 203 Å². The van der Waals surface area contributed by atoms with Crippen molar-refractivity contribution in [2.75, 3.05) is 10.2 Å². The molecule has 0 aliphatic carbocycles. The Hall–Kier alpha value is -4.04. The number of carbonyl (C=O) groups is 1. The van der Waals surface area contributed by atoms with Crippen molar-refractivity contribution in [1.29, 1.82) is 0 Å². The van der Waals surface area contributed by atoms with Gasteiger partial charge >= 0.3 is 0 Å². The van der Waals surface area contributed by atoms with Crippen LogP contribution in [0.25, 0.3) is 5.69 Å². The van der Waals surface area contributed by atoms with Gasteiger partial charge in [0, 0.05) is 42.1 Å². The topological polar surface area (TPSA) is 75.1 Å². The van der Waals surface area contributed by atoms with Crippen molar-refractivity contribution in [3.05, 3.63) is 102 Å². The molecule has 4 heterocycles. The predicted molar refractivity (Wildman–Crippen MR) is 137 cm³/mol. The first kappa shape index (κ1) is 21.8. The quantitative estimate of drug-likeness (QED) is 0.413. The van der Waals surface area contributed by atoms with Gasteiger partial charge in [0.05, 0.1) is 23.6 Å². The summed E-state index contributed by atoms with van der Waals surface area (Å²) >= 11 is 5.84. The van der Waals surface area contributed by atoms with E-state index in [9.17, 15) is 4.79 Å². The zero-order valence-corrected chi connectivity index (χ0v) is 19.7. The van der Waals surface area contributed by atoms with Crippen LogP contribution in [0, 0.1) is 6.92 Å². The fraction of sp³-hybridized carbons (Fsp3) is 0.154. The average molecular weight is 469 g/mol. The summed E-state index contributed by atoms with van der Waals surface area (Å²) in [4.78, 5) is 22.5. The second-order valence-corrected chi connectivity index (χ2v) is 8.56. The van der Waals surface area contributed by atoms with E-state index >= 15 is 0 Å². The van der Waals surface area contributed by atoms with Crippen LogP contribution in [0.3, 0.4) is 0 Å². The molecule has 8 heteroatoms. The third-order valence-corrected chi connectivity index (χ3v) is 6.19. The summed E-state index contributed by atoms with van der Waals surface area (Å²) in [5, 5.41) is 6.93. The van der Waals surface area contributed by atoms with Crippen molar-refractivity contribution in [2.45, 2.75) is 25.9 Å². The van der Waals surface area contributed by atoms with Crippen molar-refractivity contribution in [3.63, 3.8) is 0 Å². The first-order valence-electron chi connectivity index (χ1n) is 11.0. The monoisotopic (exact) mass is 468 g/mol. The largest absolute Gasteiger partial charge is 0.351 e. The molecule has 1 amide bonds. The van der Waals surface area contributed by atoms with Gasteiger partial charge in [-0.25, -0.2) is 0 Å². The fourth-order valence-electron chi connectivity index (χ4n) is 4.47. The number of pyridine rings is 2. The summed E-state index contributed by atoms with van der Waals surface area (Å²) in [6, 6.07) is 21.5. The molecule has 0 spiro atoms. The number of anilines is 2. The van der Waals surface area contributed by atoms with Crippen LogP contribution in [-0.2, 0) is 4.79 Å². The Kier molecular flexibility index (Phi) is 5.81. The van der Waals surface area contributed by atoms with Gasteiger partial charge in [-0.2, -0.15) is 0 Å². The third-order valence-electron chi connectivity index (χ3n) is 5.88. The number of aromatic nitrogens is 3. The summed E-state index contributed by atoms with van der Waals surface area (Å²) in [6.45, 7) is 3.58. The number of thiocarbonyl (C=S) groups is 1. The second kappa shape index (κ2) is 9.07. The van der Waals surface area contributed by atoms with Crippen molar-refractivity contribution >= 4 is 34.6 Å². The molecule has 5 rings (SSSR count). The van der Waals surface area contributed by atoms with Crippen LogP contribution >= 0.6 is 12.2 Å². The lowest BCUT2D eigenvalue weighted by molar-refractivity contribution is -0.114. The van der Waals surface area contributed by atoms with Crippen LogP contribution in [-0.4, -0.2) is 25.6 Å². The van der Waals surface area contributed by atoms with Crippen molar-refractivity contribution in [2.24, 2.45) is 0 Å². The molecule has 7 nitrogen and oxygen atoms in total. The van der Waals surface area contributed by atoms with E-state index in [0.29, 0.717) is 5.11 Å². The Balaban J connectivity index is 1.64. The Morgan fingerprint density at radius 1 is 1.00 bits per heavy atom. The molecular weight excluding hydrogens is 444 g/mol. The number of nitrogens with one attached hydrogen (secondary N) is 2. The average Bonchev–Trinajstić information content (AvgIpc) is 3.39. The van der Waals surface area contributed by atoms with Crippen LogP contribution in [0.5, 0.6) is 0 Å². The number of amides is 1. The minimum absolute atomic E-state index is 0.107. The van der Waals surface area contributed by atoms with Crippen LogP contribution in [0.4, 0.5) is 11.4 Å². The first-order valence-corrected chi connectivity index (χ1v) is 11.4. The van der Waals surface area contributed by atoms with Crippen LogP contribution in [0.15, 0.2) is 85.3 Å². The van der Waals surface area contributed by atoms with Crippen LogP contribution < -0.4 is 15.5 Å². The number of nitrogens with zero attached hydrogens (tertiary/aromatic N) is 4. The maximum atomic E-state index is 11.5. The van der Waals surface area contributed by atoms with E-state index in [1.807, 2.05) is 60.8 Å². The standard InChI is InChI=1S/C26H24N6OS/c1-17-8-13-23(31(17)21-6-5-14-27-16-21)25-24(22-7-3-4-15-28-22)30-26(34)32(25)20-11-9-19(10-12-20)29-18(2)33/h3-16,24-25H,1-2H3,(H,29,33)(H,30,34)/t24-,25+/m1/s1. The molecule has 0 saturated carbocycles. The molecule has 1 aliphatic rings. The van der Waals surface area contributed by atoms with Gasteiger partial charge in [0.25, 0.3) is 0 Å². The van der Waals surface area contributed by atoms with Crippen molar-refractivity contribution in [1.82, 2.24) is 19.9 Å². The highest BCUT2D eigenvalue weighted by Crippen LogP contribution is 2.42. The Bertz CT molecular complexity index is 1320. The Morgan fingerprint density at radius 2 is 1.82 bits per heavy atom. The molecule has 1 fully saturated rings. The van der Waals surface area contributed by atoms with Gasteiger partial charge in [-0.1, -0.05) is 6.07 Å². The summed E-state index contributed by atoms with van der Waals surface area (Å²) in [5.74, 6) is -0.107. The molecule has 0 bridgehead atoms. The van der Waals surface area contributed by atoms with E-state index in [4.69, 9.17) is 12.2 Å². The molecule has 1 aromatic carbocycles. The number of rotatable bonds is 5. The summed E-state index contributed by atoms with van der Waals surface area (Å²) in [6.07, 6.45) is 5.43. The molecule has 2 atom stereocenters. The lowest BCUT2D eigenvalue weighted by atomic mass is 10.0. The van der Waals surface area contributed by atoms with Gasteiger partial charge in [0.2, 0.25) is 5.91 Å². The van der Waals surface area contributed by atoms with E-state index in [2.05, 4.69) is 49.1 Å². The van der Waals surface area contributed by atoms with Gasteiger partial charge in [0.1, 0.15) is 6.04 Å². The summed E-state index contributed by atoms with van der Waals surface area (Å²) in [5.41, 5.74) is 5.72. The first-order chi connectivity index (χ1) is 16.5. The van der Waals surface area contributed by atoms with Crippen molar-refractivity contribution in [3.8, 4) is 5.69 Å². The molecule has 4 aromatic rings. The fourth-order valence-corrected chi connectivity index (χ4v) is 4.82. The van der Waals surface area contributed by atoms with E-state index in [0.717, 1.165) is 34.1 Å². The minimum atomic E-state index is -0.164. The molecule has 34 heavy (non-hydrogen) atoms. The molecule has 3 aromatic heterocycles. The maximum absolute atomic E-state index is 11.5. The van der Waals surface area contributed by atoms with E-state index < -0.39 is 0 Å². The normalized spacial score (nSPS) is 17.5. The van der Waals surface area contributed by atoms with Gasteiger partial charge in [-0.15, -0.1) is 0 Å². The van der Waals surface area contributed by atoms with Gasteiger partial charge < -0.3 is 20.1 Å². The molecule has 1 aliphatic heterocycles. The SMILES string of the molecule is CC(=O)Nc1ccc(N2C(=S)N[C@H](c3ccccn3)[C@@H]2c2ccc(C)n2-c2cccnc2)cc1. The molecular formula is C26H24N6OS. The van der Waals surface area contributed by atoms with Crippen LogP contribution in [0.1, 0.15) is 36.1 Å². The summed E-state index contributed by atoms with van der Waals surface area (Å²) < 4.78 is 2.21. The third kappa shape index (κ3) is 4.04. The molecule has 0 radical (unpaired) electrons. The zero-order valence-electron chi connectivity index (χ0n) is 18.8. The van der Waals surface area contributed by atoms with E-state index in [-0.39, 0.29) is 18.0 Å². The lowest BCUT2D eigenvalue weighted by Crippen LogP contribution is -2.30. The van der Waals surface area contributed by atoms with Crippen molar-refractivity contribution < 1.29 is 4.79 Å². The highest BCUT2D eigenvalue weighted by molar-refractivity contribution is 7.80. The summed E-state index contributed by atoms with van der Waals surface area (Å²) in [7, 11) is 0.